The van der Waals surface area contributed by atoms with Crippen molar-refractivity contribution in [1.82, 2.24) is 14.8 Å². The number of H-pyrrole nitrogens is 1. The van der Waals surface area contributed by atoms with Crippen molar-refractivity contribution in [3.63, 3.8) is 0 Å². The van der Waals surface area contributed by atoms with Crippen LogP contribution in [0.1, 0.15) is 25.6 Å². The normalized spacial score (nSPS) is 16.7. The summed E-state index contributed by atoms with van der Waals surface area (Å²) in [5, 5.41) is 5.42. The van der Waals surface area contributed by atoms with Gasteiger partial charge >= 0.3 is 6.61 Å². The molecule has 0 bridgehead atoms. The van der Waals surface area contributed by atoms with Gasteiger partial charge in [0.2, 0.25) is 0 Å². The zero-order valence-corrected chi connectivity index (χ0v) is 14.6. The van der Waals surface area contributed by atoms with E-state index in [0.29, 0.717) is 0 Å². The number of benzene rings is 1. The number of halogens is 2. The van der Waals surface area contributed by atoms with Gasteiger partial charge in [-0.2, -0.15) is 13.9 Å². The zero-order chi connectivity index (χ0) is 18.4. The highest BCUT2D eigenvalue weighted by Gasteiger charge is 2.31. The van der Waals surface area contributed by atoms with Crippen LogP contribution in [0.2, 0.25) is 0 Å². The first-order valence-electron chi connectivity index (χ1n) is 8.37. The molecule has 0 amide bonds. The topological polar surface area (TPSA) is 58.4 Å². The van der Waals surface area contributed by atoms with Gasteiger partial charge in [0.1, 0.15) is 11.8 Å². The molecule has 0 fully saturated rings. The van der Waals surface area contributed by atoms with Crippen molar-refractivity contribution in [3.05, 3.63) is 36.2 Å². The summed E-state index contributed by atoms with van der Waals surface area (Å²) < 4.78 is 31.5. The number of alkyl halides is 2. The monoisotopic (exact) mass is 359 g/mol. The van der Waals surface area contributed by atoms with Gasteiger partial charge < -0.3 is 14.6 Å². The summed E-state index contributed by atoms with van der Waals surface area (Å²) in [7, 11) is 1.83. The van der Waals surface area contributed by atoms with Crippen LogP contribution in [0.4, 0.5) is 20.3 Å². The van der Waals surface area contributed by atoms with Gasteiger partial charge in [-0.25, -0.2) is 4.99 Å². The van der Waals surface area contributed by atoms with Crippen molar-refractivity contribution >= 4 is 28.6 Å². The smallest absolute Gasteiger partial charge is 0.387 e. The average molecular weight is 359 g/mol. The molecule has 26 heavy (non-hydrogen) atoms. The second kappa shape index (κ2) is 6.12. The van der Waals surface area contributed by atoms with Gasteiger partial charge in [0, 0.05) is 30.9 Å². The summed E-state index contributed by atoms with van der Waals surface area (Å²) in [5.41, 5.74) is 2.59. The van der Waals surface area contributed by atoms with Crippen molar-refractivity contribution in [2.75, 3.05) is 4.90 Å². The predicted octanol–water partition coefficient (Wildman–Crippen LogP) is 4.17. The number of fused-ring (bicyclic) bond motifs is 2. The molecule has 1 aromatic carbocycles. The second-order valence-electron chi connectivity index (χ2n) is 6.50. The average Bonchev–Trinajstić information content (AvgIpc) is 3.17. The van der Waals surface area contributed by atoms with Gasteiger partial charge in [0.15, 0.2) is 5.82 Å². The Morgan fingerprint density at radius 1 is 1.23 bits per heavy atom. The highest BCUT2D eigenvalue weighted by atomic mass is 19.3. The van der Waals surface area contributed by atoms with Crippen LogP contribution >= 0.6 is 0 Å². The molecule has 1 aliphatic heterocycles. The Bertz CT molecular complexity index is 975. The first-order valence-corrected chi connectivity index (χ1v) is 8.37. The third kappa shape index (κ3) is 2.61. The van der Waals surface area contributed by atoms with E-state index in [1.165, 1.54) is 6.07 Å². The maximum atomic E-state index is 12.6. The summed E-state index contributed by atoms with van der Waals surface area (Å²) in [6, 6.07) is 6.85. The molecule has 3 aromatic rings. The molecule has 8 heteroatoms. The Morgan fingerprint density at radius 2 is 2.04 bits per heavy atom. The Labute approximate surface area is 149 Å². The molecule has 0 saturated carbocycles. The molecule has 1 atom stereocenters. The van der Waals surface area contributed by atoms with Crippen LogP contribution in [-0.4, -0.2) is 33.6 Å². The molecule has 3 heterocycles. The fourth-order valence-electron chi connectivity index (χ4n) is 3.50. The van der Waals surface area contributed by atoms with E-state index in [1.807, 2.05) is 25.5 Å². The molecule has 0 radical (unpaired) electrons. The highest BCUT2D eigenvalue weighted by molar-refractivity contribution is 5.91. The summed E-state index contributed by atoms with van der Waals surface area (Å²) >= 11 is 0. The molecule has 0 saturated heterocycles. The van der Waals surface area contributed by atoms with Crippen LogP contribution in [0.5, 0.6) is 5.75 Å². The van der Waals surface area contributed by atoms with Gasteiger partial charge in [-0.1, -0.05) is 0 Å². The van der Waals surface area contributed by atoms with Gasteiger partial charge in [-0.05, 0) is 38.1 Å². The maximum absolute atomic E-state index is 12.6. The van der Waals surface area contributed by atoms with E-state index < -0.39 is 6.61 Å². The minimum Gasteiger partial charge on any atom is -0.435 e. The Kier molecular flexibility index (Phi) is 3.90. The number of rotatable bonds is 4. The Morgan fingerprint density at radius 3 is 2.77 bits per heavy atom. The molecular formula is C18H19F2N5O. The lowest BCUT2D eigenvalue weighted by atomic mass is 10.0. The number of anilines is 1. The molecule has 1 aliphatic rings. The van der Waals surface area contributed by atoms with E-state index in [9.17, 15) is 8.78 Å². The van der Waals surface area contributed by atoms with E-state index in [1.54, 1.807) is 16.8 Å². The summed E-state index contributed by atoms with van der Waals surface area (Å²) in [5.74, 6) is 0.921. The van der Waals surface area contributed by atoms with Crippen molar-refractivity contribution in [2.24, 2.45) is 12.0 Å². The van der Waals surface area contributed by atoms with E-state index in [4.69, 9.17) is 0 Å². The van der Waals surface area contributed by atoms with E-state index in [2.05, 4.69) is 38.6 Å². The maximum Gasteiger partial charge on any atom is 0.387 e. The van der Waals surface area contributed by atoms with Gasteiger partial charge in [0.05, 0.1) is 16.9 Å². The molecule has 4 rings (SSSR count). The largest absolute Gasteiger partial charge is 0.435 e. The van der Waals surface area contributed by atoms with Crippen LogP contribution < -0.4 is 9.64 Å². The van der Waals surface area contributed by atoms with Crippen LogP contribution in [0, 0.1) is 0 Å². The van der Waals surface area contributed by atoms with Crippen molar-refractivity contribution in [1.29, 1.82) is 0 Å². The standard InChI is InChI=1S/C18H19F2N5O/c1-10(2)25-14-6-7-21-17(14)22-9-15(25)16-12-8-11(26-18(19)20)4-5-13(12)24(3)23-16/h4-10,15,18,21H,1-3H3. The number of ether oxygens (including phenoxy) is 1. The first kappa shape index (κ1) is 16.6. The fraction of sp³-hybridized carbons (Fsp3) is 0.333. The van der Waals surface area contributed by atoms with E-state index >= 15 is 0 Å². The van der Waals surface area contributed by atoms with E-state index in [0.717, 1.165) is 28.1 Å². The lowest BCUT2D eigenvalue weighted by Crippen LogP contribution is -2.37. The summed E-state index contributed by atoms with van der Waals surface area (Å²) in [6.07, 6.45) is 3.69. The Balaban J connectivity index is 1.85. The third-order valence-electron chi connectivity index (χ3n) is 4.54. The van der Waals surface area contributed by atoms with E-state index in [-0.39, 0.29) is 17.8 Å². The minimum atomic E-state index is -2.86. The second-order valence-corrected chi connectivity index (χ2v) is 6.50. The van der Waals surface area contributed by atoms with Crippen molar-refractivity contribution < 1.29 is 13.5 Å². The fourth-order valence-corrected chi connectivity index (χ4v) is 3.50. The minimum absolute atomic E-state index is 0.118. The molecule has 2 aromatic heterocycles. The number of nitrogens with one attached hydrogen (secondary N) is 1. The lowest BCUT2D eigenvalue weighted by molar-refractivity contribution is -0.0497. The van der Waals surface area contributed by atoms with Crippen LogP contribution in [0.3, 0.4) is 0 Å². The van der Waals surface area contributed by atoms with Crippen molar-refractivity contribution in [2.45, 2.75) is 32.5 Å². The lowest BCUT2D eigenvalue weighted by Gasteiger charge is -2.36. The first-order chi connectivity index (χ1) is 12.5. The molecule has 136 valence electrons. The van der Waals surface area contributed by atoms with Gasteiger partial charge in [0.25, 0.3) is 0 Å². The molecule has 1 N–H and O–H groups in total. The van der Waals surface area contributed by atoms with Crippen LogP contribution in [-0.2, 0) is 7.05 Å². The summed E-state index contributed by atoms with van der Waals surface area (Å²) in [4.78, 5) is 9.84. The SMILES string of the molecule is CC(C)N1c2cc[nH]c2N=CC1c1nn(C)c2ccc(OC(F)F)cc12. The zero-order valence-electron chi connectivity index (χ0n) is 14.6. The third-order valence-corrected chi connectivity index (χ3v) is 4.54. The molecule has 0 aliphatic carbocycles. The summed E-state index contributed by atoms with van der Waals surface area (Å²) in [6.45, 7) is 1.33. The molecule has 0 spiro atoms. The predicted molar refractivity (Wildman–Crippen MR) is 96.6 cm³/mol. The number of hydrogen-bond acceptors (Lipinski definition) is 4. The number of hydrogen-bond donors (Lipinski definition) is 1. The van der Waals surface area contributed by atoms with Crippen LogP contribution in [0.25, 0.3) is 10.9 Å². The molecule has 1 unspecified atom stereocenters. The molecule has 6 nitrogen and oxygen atoms in total. The number of aromatic amines is 1. The number of aromatic nitrogens is 3. The van der Waals surface area contributed by atoms with Gasteiger partial charge in [-0.3, -0.25) is 4.68 Å². The number of aryl methyl sites for hydroxylation is 1. The number of nitrogens with zero attached hydrogens (tertiary/aromatic N) is 4. The van der Waals surface area contributed by atoms with Crippen LogP contribution in [0.15, 0.2) is 35.5 Å². The quantitative estimate of drug-likeness (QED) is 0.760. The van der Waals surface area contributed by atoms with Crippen molar-refractivity contribution in [3.8, 4) is 5.75 Å². The van der Waals surface area contributed by atoms with Gasteiger partial charge in [-0.15, -0.1) is 0 Å². The number of aliphatic imine (C=N–C) groups is 1. The Hall–Kier alpha value is -2.90. The molecular weight excluding hydrogens is 340 g/mol. The highest BCUT2D eigenvalue weighted by Crippen LogP contribution is 2.40.